The predicted octanol–water partition coefficient (Wildman–Crippen LogP) is 3.82. The number of carbonyl (C=O) groups is 2. The topological polar surface area (TPSA) is 64.6 Å². The number of anilines is 1. The summed E-state index contributed by atoms with van der Waals surface area (Å²) in [5.41, 5.74) is -0.886. The SMILES string of the molecule is CC(C)(Oc1ccc(Cl)cc1)C(=O)OCC(=O)Nc1ccc(F)cc1. The molecule has 0 aliphatic heterocycles. The highest BCUT2D eigenvalue weighted by molar-refractivity contribution is 6.30. The summed E-state index contributed by atoms with van der Waals surface area (Å²) in [5, 5.41) is 3.04. The Kier molecular flexibility index (Phi) is 5.98. The van der Waals surface area contributed by atoms with E-state index in [1.54, 1.807) is 24.3 Å². The Morgan fingerprint density at radius 3 is 2.28 bits per heavy atom. The van der Waals surface area contributed by atoms with Gasteiger partial charge in [0.05, 0.1) is 0 Å². The molecule has 0 saturated heterocycles. The van der Waals surface area contributed by atoms with Crippen LogP contribution in [-0.2, 0) is 14.3 Å². The molecular weight excluding hydrogens is 349 g/mol. The highest BCUT2D eigenvalue weighted by atomic mass is 35.5. The summed E-state index contributed by atoms with van der Waals surface area (Å²) in [7, 11) is 0. The zero-order valence-corrected chi connectivity index (χ0v) is 14.5. The van der Waals surface area contributed by atoms with Gasteiger partial charge in [-0.3, -0.25) is 4.79 Å². The molecule has 1 amide bonds. The van der Waals surface area contributed by atoms with Gasteiger partial charge in [-0.15, -0.1) is 0 Å². The molecule has 2 aromatic carbocycles. The quantitative estimate of drug-likeness (QED) is 0.790. The summed E-state index contributed by atoms with van der Waals surface area (Å²) in [6.45, 7) is 2.58. The van der Waals surface area contributed by atoms with Crippen molar-refractivity contribution >= 4 is 29.2 Å². The van der Waals surface area contributed by atoms with E-state index in [1.807, 2.05) is 0 Å². The largest absolute Gasteiger partial charge is 0.476 e. The minimum absolute atomic E-state index is 0.402. The maximum absolute atomic E-state index is 12.8. The maximum Gasteiger partial charge on any atom is 0.350 e. The third-order valence-corrected chi connectivity index (χ3v) is 3.39. The average molecular weight is 366 g/mol. The fourth-order valence-electron chi connectivity index (χ4n) is 1.87. The van der Waals surface area contributed by atoms with Gasteiger partial charge in [0.15, 0.2) is 12.2 Å². The Morgan fingerprint density at radius 2 is 1.68 bits per heavy atom. The maximum atomic E-state index is 12.8. The van der Waals surface area contributed by atoms with Crippen LogP contribution < -0.4 is 10.1 Å². The predicted molar refractivity (Wildman–Crippen MR) is 92.1 cm³/mol. The third kappa shape index (κ3) is 5.76. The molecule has 0 aromatic heterocycles. The Hall–Kier alpha value is -2.60. The second-order valence-electron chi connectivity index (χ2n) is 5.70. The molecule has 5 nitrogen and oxygen atoms in total. The van der Waals surface area contributed by atoms with E-state index in [0.29, 0.717) is 16.5 Å². The monoisotopic (exact) mass is 365 g/mol. The molecule has 0 aliphatic carbocycles. The molecule has 0 bridgehead atoms. The smallest absolute Gasteiger partial charge is 0.350 e. The number of halogens is 2. The molecule has 2 rings (SSSR count). The second-order valence-corrected chi connectivity index (χ2v) is 6.13. The lowest BCUT2D eigenvalue weighted by Gasteiger charge is -2.24. The zero-order chi connectivity index (χ0) is 18.4. The number of carbonyl (C=O) groups excluding carboxylic acids is 2. The molecule has 132 valence electrons. The molecule has 0 radical (unpaired) electrons. The highest BCUT2D eigenvalue weighted by Crippen LogP contribution is 2.21. The number of nitrogens with one attached hydrogen (secondary N) is 1. The van der Waals surface area contributed by atoms with E-state index in [0.717, 1.165) is 0 Å². The number of amides is 1. The van der Waals surface area contributed by atoms with Gasteiger partial charge >= 0.3 is 5.97 Å². The van der Waals surface area contributed by atoms with Gasteiger partial charge < -0.3 is 14.8 Å². The fraction of sp³-hybridized carbons (Fsp3) is 0.222. The number of rotatable bonds is 6. The summed E-state index contributed by atoms with van der Waals surface area (Å²) < 4.78 is 23.4. The number of hydrogen-bond acceptors (Lipinski definition) is 4. The summed E-state index contributed by atoms with van der Waals surface area (Å²) >= 11 is 5.79. The van der Waals surface area contributed by atoms with Gasteiger partial charge in [-0.2, -0.15) is 0 Å². The first-order valence-corrected chi connectivity index (χ1v) is 7.81. The molecule has 2 aromatic rings. The lowest BCUT2D eigenvalue weighted by atomic mass is 10.1. The molecule has 0 saturated carbocycles. The first kappa shape index (κ1) is 18.7. The minimum Gasteiger partial charge on any atom is -0.476 e. The Bertz CT molecular complexity index is 745. The van der Waals surface area contributed by atoms with E-state index in [1.165, 1.54) is 38.1 Å². The standard InChI is InChI=1S/C18H17ClFNO4/c1-18(2,25-15-9-3-12(19)4-10-15)17(23)24-11-16(22)21-14-7-5-13(20)6-8-14/h3-10H,11H2,1-2H3,(H,21,22). The van der Waals surface area contributed by atoms with Crippen molar-refractivity contribution in [2.24, 2.45) is 0 Å². The normalized spacial score (nSPS) is 10.9. The lowest BCUT2D eigenvalue weighted by molar-refractivity contribution is -0.161. The first-order chi connectivity index (χ1) is 11.8. The second kappa shape index (κ2) is 7.98. The Morgan fingerprint density at radius 1 is 1.08 bits per heavy atom. The van der Waals surface area contributed by atoms with Crippen molar-refractivity contribution in [3.63, 3.8) is 0 Å². The molecule has 1 N–H and O–H groups in total. The molecule has 0 fully saturated rings. The van der Waals surface area contributed by atoms with E-state index in [2.05, 4.69) is 5.32 Å². The van der Waals surface area contributed by atoms with Crippen LogP contribution >= 0.6 is 11.6 Å². The van der Waals surface area contributed by atoms with Gasteiger partial charge in [0.2, 0.25) is 0 Å². The minimum atomic E-state index is -1.29. The molecule has 0 unspecified atom stereocenters. The van der Waals surface area contributed by atoms with Gasteiger partial charge in [0.25, 0.3) is 5.91 Å². The number of benzene rings is 2. The van der Waals surface area contributed by atoms with Crippen LogP contribution in [0.2, 0.25) is 5.02 Å². The molecule has 25 heavy (non-hydrogen) atoms. The summed E-state index contributed by atoms with van der Waals surface area (Å²) in [5.74, 6) is -1.20. The number of ether oxygens (including phenoxy) is 2. The van der Waals surface area contributed by atoms with Crippen molar-refractivity contribution in [1.29, 1.82) is 0 Å². The number of hydrogen-bond donors (Lipinski definition) is 1. The van der Waals surface area contributed by atoms with Crippen molar-refractivity contribution in [2.75, 3.05) is 11.9 Å². The fourth-order valence-corrected chi connectivity index (χ4v) is 2.00. The average Bonchev–Trinajstić information content (AvgIpc) is 2.56. The zero-order valence-electron chi connectivity index (χ0n) is 13.7. The molecule has 7 heteroatoms. The van der Waals surface area contributed by atoms with Crippen LogP contribution in [-0.4, -0.2) is 24.1 Å². The van der Waals surface area contributed by atoms with Gasteiger partial charge in [0.1, 0.15) is 11.6 Å². The van der Waals surface area contributed by atoms with Gasteiger partial charge in [-0.1, -0.05) is 11.6 Å². The van der Waals surface area contributed by atoms with Crippen molar-refractivity contribution in [2.45, 2.75) is 19.4 Å². The van der Waals surface area contributed by atoms with Crippen LogP contribution in [0.25, 0.3) is 0 Å². The molecule has 0 atom stereocenters. The molecule has 0 aliphatic rings. The van der Waals surface area contributed by atoms with Crippen LogP contribution in [0.3, 0.4) is 0 Å². The Balaban J connectivity index is 1.86. The summed E-state index contributed by atoms with van der Waals surface area (Å²) in [6, 6.07) is 11.8. The van der Waals surface area contributed by atoms with E-state index in [4.69, 9.17) is 21.1 Å². The third-order valence-electron chi connectivity index (χ3n) is 3.14. The van der Waals surface area contributed by atoms with E-state index >= 15 is 0 Å². The summed E-state index contributed by atoms with van der Waals surface area (Å²) in [6.07, 6.45) is 0. The van der Waals surface area contributed by atoms with Gasteiger partial charge in [0, 0.05) is 10.7 Å². The number of esters is 1. The van der Waals surface area contributed by atoms with Crippen LogP contribution in [0.15, 0.2) is 48.5 Å². The van der Waals surface area contributed by atoms with Crippen LogP contribution in [0.4, 0.5) is 10.1 Å². The highest BCUT2D eigenvalue weighted by Gasteiger charge is 2.32. The van der Waals surface area contributed by atoms with Crippen molar-refractivity contribution in [1.82, 2.24) is 0 Å². The molecule has 0 spiro atoms. The molecular formula is C18H17ClFNO4. The van der Waals surface area contributed by atoms with E-state index in [9.17, 15) is 14.0 Å². The van der Waals surface area contributed by atoms with Crippen molar-refractivity contribution in [3.05, 3.63) is 59.4 Å². The molecule has 0 heterocycles. The lowest BCUT2D eigenvalue weighted by Crippen LogP contribution is -2.41. The van der Waals surface area contributed by atoms with Crippen LogP contribution in [0, 0.1) is 5.82 Å². The van der Waals surface area contributed by atoms with Crippen LogP contribution in [0.5, 0.6) is 5.75 Å². The van der Waals surface area contributed by atoms with Crippen molar-refractivity contribution < 1.29 is 23.5 Å². The van der Waals surface area contributed by atoms with Crippen molar-refractivity contribution in [3.8, 4) is 5.75 Å². The van der Waals surface area contributed by atoms with Gasteiger partial charge in [-0.25, -0.2) is 9.18 Å². The van der Waals surface area contributed by atoms with E-state index in [-0.39, 0.29) is 0 Å². The Labute approximate surface area is 149 Å². The van der Waals surface area contributed by atoms with Gasteiger partial charge in [-0.05, 0) is 62.4 Å². The van der Waals surface area contributed by atoms with E-state index < -0.39 is 29.9 Å². The first-order valence-electron chi connectivity index (χ1n) is 7.43. The summed E-state index contributed by atoms with van der Waals surface area (Å²) in [4.78, 5) is 23.9. The van der Waals surface area contributed by atoms with Crippen LogP contribution in [0.1, 0.15) is 13.8 Å².